The van der Waals surface area contributed by atoms with Crippen molar-refractivity contribution < 1.29 is 0 Å². The number of unbranched alkanes of at least 4 members (excludes halogenated alkanes) is 2. The van der Waals surface area contributed by atoms with Gasteiger partial charge in [-0.3, -0.25) is 0 Å². The third kappa shape index (κ3) is 2.30. The molecule has 0 bridgehead atoms. The van der Waals surface area contributed by atoms with Crippen LogP contribution >= 0.6 is 15.9 Å². The maximum Gasteiger partial charge on any atom is 0.123 e. The number of nitriles is 1. The number of nitrogens with zero attached hydrogens (tertiary/aromatic N) is 2. The fourth-order valence-corrected chi connectivity index (χ4v) is 1.86. The van der Waals surface area contributed by atoms with Gasteiger partial charge in [0, 0.05) is 6.54 Å². The van der Waals surface area contributed by atoms with Crippen LogP contribution in [0.2, 0.25) is 0 Å². The van der Waals surface area contributed by atoms with Crippen molar-refractivity contribution in [1.29, 1.82) is 5.26 Å². The first kappa shape index (κ1) is 11.1. The molecule has 0 unspecified atom stereocenters. The van der Waals surface area contributed by atoms with Gasteiger partial charge in [0.15, 0.2) is 0 Å². The summed E-state index contributed by atoms with van der Waals surface area (Å²) in [5.41, 5.74) is 6.97. The van der Waals surface area contributed by atoms with E-state index in [-0.39, 0.29) is 0 Å². The summed E-state index contributed by atoms with van der Waals surface area (Å²) in [5.74, 6) is 0. The third-order valence-corrected chi connectivity index (χ3v) is 3.04. The Morgan fingerprint density at radius 1 is 1.57 bits per heavy atom. The number of rotatable bonds is 4. The Bertz CT molecular complexity index is 349. The lowest BCUT2D eigenvalue weighted by atomic mass is 10.2. The minimum atomic E-state index is 0.630. The number of hydrogen-bond donors (Lipinski definition) is 1. The Hall–Kier alpha value is -0.950. The lowest BCUT2D eigenvalue weighted by molar-refractivity contribution is 0.593. The van der Waals surface area contributed by atoms with Gasteiger partial charge in [0.05, 0.1) is 5.69 Å². The molecule has 0 atom stereocenters. The van der Waals surface area contributed by atoms with Crippen LogP contribution in [0.3, 0.4) is 0 Å². The second-order valence-electron chi connectivity index (χ2n) is 3.25. The van der Waals surface area contributed by atoms with Gasteiger partial charge in [0.1, 0.15) is 16.4 Å². The van der Waals surface area contributed by atoms with Crippen LogP contribution < -0.4 is 5.73 Å². The lowest BCUT2D eigenvalue weighted by Gasteiger charge is -2.05. The highest BCUT2D eigenvalue weighted by atomic mass is 79.9. The fraction of sp³-hybridized carbons (Fsp3) is 0.500. The number of hydrogen-bond acceptors (Lipinski definition) is 2. The highest BCUT2D eigenvalue weighted by Gasteiger charge is 2.09. The van der Waals surface area contributed by atoms with Crippen LogP contribution in [-0.2, 0) is 6.54 Å². The first-order valence-electron chi connectivity index (χ1n) is 4.75. The van der Waals surface area contributed by atoms with E-state index in [1.807, 2.05) is 4.57 Å². The van der Waals surface area contributed by atoms with Gasteiger partial charge in [-0.25, -0.2) is 0 Å². The van der Waals surface area contributed by atoms with Crippen LogP contribution in [0.5, 0.6) is 0 Å². The van der Waals surface area contributed by atoms with E-state index >= 15 is 0 Å². The molecule has 1 aromatic heterocycles. The summed E-state index contributed by atoms with van der Waals surface area (Å²) in [4.78, 5) is 0. The summed E-state index contributed by atoms with van der Waals surface area (Å²) >= 11 is 3.38. The summed E-state index contributed by atoms with van der Waals surface area (Å²) < 4.78 is 2.75. The number of nitrogens with two attached hydrogens (primary N) is 1. The Kier molecular flexibility index (Phi) is 4.02. The Morgan fingerprint density at radius 3 is 2.86 bits per heavy atom. The molecule has 0 aliphatic rings. The molecule has 76 valence electrons. The van der Waals surface area contributed by atoms with Gasteiger partial charge in [0.25, 0.3) is 0 Å². The fourth-order valence-electron chi connectivity index (χ4n) is 1.38. The van der Waals surface area contributed by atoms with Crippen LogP contribution in [0.25, 0.3) is 0 Å². The maximum absolute atomic E-state index is 8.87. The highest BCUT2D eigenvalue weighted by Crippen LogP contribution is 2.24. The summed E-state index contributed by atoms with van der Waals surface area (Å²) in [6.45, 7) is 3.01. The lowest BCUT2D eigenvalue weighted by Crippen LogP contribution is -2.01. The van der Waals surface area contributed by atoms with Gasteiger partial charge in [-0.05, 0) is 28.4 Å². The first-order chi connectivity index (χ1) is 6.70. The second kappa shape index (κ2) is 5.06. The van der Waals surface area contributed by atoms with Crippen molar-refractivity contribution in [3.63, 3.8) is 0 Å². The maximum atomic E-state index is 8.87. The van der Waals surface area contributed by atoms with Gasteiger partial charge in [0.2, 0.25) is 0 Å². The first-order valence-corrected chi connectivity index (χ1v) is 5.54. The van der Waals surface area contributed by atoms with Crippen LogP contribution in [-0.4, -0.2) is 4.57 Å². The van der Waals surface area contributed by atoms with Gasteiger partial charge in [-0.2, -0.15) is 5.26 Å². The molecule has 0 aliphatic heterocycles. The number of anilines is 1. The standard InChI is InChI=1S/C10H14BrN3/c1-2-3-4-5-14-8(7-12)6-9(13)10(14)11/h6H,2-5,13H2,1H3. The molecule has 0 saturated carbocycles. The quantitative estimate of drug-likeness (QED) is 0.842. The molecule has 0 amide bonds. The summed E-state index contributed by atoms with van der Waals surface area (Å²) in [6, 6.07) is 3.84. The minimum Gasteiger partial charge on any atom is -0.397 e. The Labute approximate surface area is 92.6 Å². The van der Waals surface area contributed by atoms with E-state index in [2.05, 4.69) is 28.9 Å². The van der Waals surface area contributed by atoms with E-state index in [1.54, 1.807) is 6.07 Å². The zero-order chi connectivity index (χ0) is 10.6. The van der Waals surface area contributed by atoms with Gasteiger partial charge < -0.3 is 10.3 Å². The number of aromatic nitrogens is 1. The molecule has 1 aromatic rings. The molecule has 2 N–H and O–H groups in total. The van der Waals surface area contributed by atoms with Crippen molar-refractivity contribution in [3.05, 3.63) is 16.4 Å². The van der Waals surface area contributed by atoms with E-state index in [4.69, 9.17) is 11.0 Å². The van der Waals surface area contributed by atoms with Crippen LogP contribution in [0, 0.1) is 11.3 Å². The molecule has 0 radical (unpaired) electrons. The molecule has 0 aromatic carbocycles. The van der Waals surface area contributed by atoms with E-state index in [0.717, 1.165) is 17.6 Å². The molecule has 14 heavy (non-hydrogen) atoms. The normalized spacial score (nSPS) is 10.1. The average Bonchev–Trinajstić information content (AvgIpc) is 2.45. The smallest absolute Gasteiger partial charge is 0.123 e. The summed E-state index contributed by atoms with van der Waals surface area (Å²) in [6.07, 6.45) is 3.43. The summed E-state index contributed by atoms with van der Waals surface area (Å²) in [5, 5.41) is 8.87. The topological polar surface area (TPSA) is 54.7 Å². The van der Waals surface area contributed by atoms with Crippen molar-refractivity contribution in [1.82, 2.24) is 4.57 Å². The van der Waals surface area contributed by atoms with Crippen molar-refractivity contribution in [2.75, 3.05) is 5.73 Å². The molecule has 0 aliphatic carbocycles. The van der Waals surface area contributed by atoms with Gasteiger partial charge >= 0.3 is 0 Å². The van der Waals surface area contributed by atoms with Crippen molar-refractivity contribution >= 4 is 21.6 Å². The SMILES string of the molecule is CCCCCn1c(C#N)cc(N)c1Br. The Balaban J connectivity index is 2.79. The average molecular weight is 256 g/mol. The molecule has 0 spiro atoms. The predicted molar refractivity (Wildman–Crippen MR) is 60.8 cm³/mol. The summed E-state index contributed by atoms with van der Waals surface area (Å²) in [7, 11) is 0. The molecule has 1 rings (SSSR count). The largest absolute Gasteiger partial charge is 0.397 e. The monoisotopic (exact) mass is 255 g/mol. The zero-order valence-electron chi connectivity index (χ0n) is 8.26. The highest BCUT2D eigenvalue weighted by molar-refractivity contribution is 9.10. The molecule has 4 heteroatoms. The van der Waals surface area contributed by atoms with Crippen LogP contribution in [0.15, 0.2) is 10.7 Å². The zero-order valence-corrected chi connectivity index (χ0v) is 9.84. The van der Waals surface area contributed by atoms with Crippen LogP contribution in [0.4, 0.5) is 5.69 Å². The molecular formula is C10H14BrN3. The third-order valence-electron chi connectivity index (χ3n) is 2.16. The van der Waals surface area contributed by atoms with Gasteiger partial charge in [-0.15, -0.1) is 0 Å². The molecule has 3 nitrogen and oxygen atoms in total. The Morgan fingerprint density at radius 2 is 2.29 bits per heavy atom. The predicted octanol–water partition coefficient (Wildman–Crippen LogP) is 2.89. The van der Waals surface area contributed by atoms with E-state index < -0.39 is 0 Å². The van der Waals surface area contributed by atoms with Crippen LogP contribution in [0.1, 0.15) is 31.9 Å². The van der Waals surface area contributed by atoms with Crippen molar-refractivity contribution in [2.45, 2.75) is 32.7 Å². The number of nitrogen functional groups attached to an aromatic ring is 1. The van der Waals surface area contributed by atoms with E-state index in [9.17, 15) is 0 Å². The molecule has 1 heterocycles. The van der Waals surface area contributed by atoms with E-state index in [0.29, 0.717) is 11.4 Å². The molecular weight excluding hydrogens is 242 g/mol. The molecule has 0 saturated heterocycles. The molecule has 0 fully saturated rings. The van der Waals surface area contributed by atoms with Crippen molar-refractivity contribution in [2.24, 2.45) is 0 Å². The van der Waals surface area contributed by atoms with E-state index in [1.165, 1.54) is 12.8 Å². The van der Waals surface area contributed by atoms with Crippen molar-refractivity contribution in [3.8, 4) is 6.07 Å². The number of halogens is 1. The minimum absolute atomic E-state index is 0.630. The van der Waals surface area contributed by atoms with Gasteiger partial charge in [-0.1, -0.05) is 19.8 Å². The second-order valence-corrected chi connectivity index (χ2v) is 4.00.